The molecule has 2 nitrogen and oxygen atoms in total. The zero-order valence-corrected chi connectivity index (χ0v) is 12.4. The number of anilines is 1. The van der Waals surface area contributed by atoms with Crippen LogP contribution in [0.2, 0.25) is 5.02 Å². The van der Waals surface area contributed by atoms with Crippen LogP contribution < -0.4 is 5.32 Å². The first-order valence-corrected chi connectivity index (χ1v) is 7.71. The van der Waals surface area contributed by atoms with Gasteiger partial charge in [0, 0.05) is 40.1 Å². The Bertz CT molecular complexity index is 412. The fourth-order valence-electron chi connectivity index (χ4n) is 1.38. The summed E-state index contributed by atoms with van der Waals surface area (Å²) in [5.74, 6) is 0.504. The monoisotopic (exact) mass is 273 g/mol. The molecule has 0 heterocycles. The van der Waals surface area contributed by atoms with E-state index >= 15 is 0 Å². The Hall–Kier alpha value is -0.540. The van der Waals surface area contributed by atoms with Gasteiger partial charge in [0.05, 0.1) is 0 Å². The molecule has 1 atom stereocenters. The molecule has 0 bridgehead atoms. The van der Waals surface area contributed by atoms with Gasteiger partial charge in [-0.2, -0.15) is 0 Å². The van der Waals surface area contributed by atoms with Crippen molar-refractivity contribution in [2.24, 2.45) is 5.41 Å². The standard InChI is InChI=1S/C13H20ClNOS/c1-13(2,3)9-15-11-5-6-12(14)10(7-11)8-17(4)16/h5-7,15H,8-9H2,1-4H3/t17-/m1/s1. The molecule has 0 aliphatic carbocycles. The van der Waals surface area contributed by atoms with E-state index in [0.29, 0.717) is 10.8 Å². The van der Waals surface area contributed by atoms with E-state index < -0.39 is 10.8 Å². The first-order chi connectivity index (χ1) is 7.78. The maximum absolute atomic E-state index is 11.2. The summed E-state index contributed by atoms with van der Waals surface area (Å²) in [5.41, 5.74) is 2.20. The van der Waals surface area contributed by atoms with E-state index in [2.05, 4.69) is 26.1 Å². The maximum Gasteiger partial charge on any atom is 0.0498 e. The highest BCUT2D eigenvalue weighted by molar-refractivity contribution is 7.83. The Morgan fingerprint density at radius 1 is 1.35 bits per heavy atom. The molecule has 17 heavy (non-hydrogen) atoms. The van der Waals surface area contributed by atoms with E-state index in [4.69, 9.17) is 11.6 Å². The quantitative estimate of drug-likeness (QED) is 0.907. The van der Waals surface area contributed by atoms with Crippen LogP contribution in [0.3, 0.4) is 0 Å². The van der Waals surface area contributed by atoms with Crippen molar-refractivity contribution in [2.45, 2.75) is 26.5 Å². The molecule has 0 aliphatic heterocycles. The van der Waals surface area contributed by atoms with E-state index in [1.165, 1.54) is 0 Å². The summed E-state index contributed by atoms with van der Waals surface area (Å²) in [6.07, 6.45) is 1.69. The molecule has 0 saturated heterocycles. The molecule has 0 fully saturated rings. The number of benzene rings is 1. The lowest BCUT2D eigenvalue weighted by atomic mass is 9.97. The molecule has 1 aromatic carbocycles. The van der Waals surface area contributed by atoms with Crippen molar-refractivity contribution in [3.63, 3.8) is 0 Å². The van der Waals surface area contributed by atoms with Crippen molar-refractivity contribution in [1.82, 2.24) is 0 Å². The molecule has 0 aromatic heterocycles. The number of hydrogen-bond donors (Lipinski definition) is 1. The first-order valence-electron chi connectivity index (χ1n) is 5.60. The summed E-state index contributed by atoms with van der Waals surface area (Å²) in [6, 6.07) is 5.79. The van der Waals surface area contributed by atoms with Gasteiger partial charge in [0.15, 0.2) is 0 Å². The van der Waals surface area contributed by atoms with Gasteiger partial charge in [0.25, 0.3) is 0 Å². The van der Waals surface area contributed by atoms with Gasteiger partial charge < -0.3 is 5.32 Å². The second-order valence-electron chi connectivity index (χ2n) is 5.44. The van der Waals surface area contributed by atoms with Gasteiger partial charge in [-0.3, -0.25) is 4.21 Å². The summed E-state index contributed by atoms with van der Waals surface area (Å²) in [5, 5.41) is 4.05. The van der Waals surface area contributed by atoms with Crippen LogP contribution in [-0.4, -0.2) is 17.0 Å². The SMILES string of the molecule is C[S@@](=O)Cc1cc(NCC(C)(C)C)ccc1Cl. The summed E-state index contributed by atoms with van der Waals surface area (Å²) in [6.45, 7) is 7.43. The van der Waals surface area contributed by atoms with Crippen LogP contribution in [0.1, 0.15) is 26.3 Å². The molecule has 0 saturated carbocycles. The summed E-state index contributed by atoms with van der Waals surface area (Å²) in [7, 11) is -0.868. The normalized spacial score (nSPS) is 13.5. The topological polar surface area (TPSA) is 29.1 Å². The highest BCUT2D eigenvalue weighted by atomic mass is 35.5. The third kappa shape index (κ3) is 5.55. The number of nitrogens with one attached hydrogen (secondary N) is 1. The zero-order chi connectivity index (χ0) is 13.1. The van der Waals surface area contributed by atoms with Gasteiger partial charge in [0.1, 0.15) is 0 Å². The van der Waals surface area contributed by atoms with E-state index in [9.17, 15) is 4.21 Å². The third-order valence-electron chi connectivity index (χ3n) is 2.23. The van der Waals surface area contributed by atoms with Crippen molar-refractivity contribution in [1.29, 1.82) is 0 Å². The fraction of sp³-hybridized carbons (Fsp3) is 0.538. The highest BCUT2D eigenvalue weighted by Gasteiger charge is 2.10. The Morgan fingerprint density at radius 3 is 2.53 bits per heavy atom. The van der Waals surface area contributed by atoms with Gasteiger partial charge in [-0.05, 0) is 29.2 Å². The van der Waals surface area contributed by atoms with E-state index in [1.807, 2.05) is 18.2 Å². The van der Waals surface area contributed by atoms with Crippen molar-refractivity contribution in [3.05, 3.63) is 28.8 Å². The van der Waals surface area contributed by atoms with Crippen LogP contribution in [-0.2, 0) is 16.6 Å². The van der Waals surface area contributed by atoms with Crippen LogP contribution >= 0.6 is 11.6 Å². The van der Waals surface area contributed by atoms with Gasteiger partial charge in [-0.15, -0.1) is 0 Å². The van der Waals surface area contributed by atoms with Crippen LogP contribution in [0.5, 0.6) is 0 Å². The molecule has 1 N–H and O–H groups in total. The smallest absolute Gasteiger partial charge is 0.0498 e. The summed E-state index contributed by atoms with van der Waals surface area (Å²) >= 11 is 6.07. The largest absolute Gasteiger partial charge is 0.385 e. The molecular weight excluding hydrogens is 254 g/mol. The molecule has 0 amide bonds. The lowest BCUT2D eigenvalue weighted by molar-refractivity contribution is 0.443. The minimum Gasteiger partial charge on any atom is -0.385 e. The molecule has 0 unspecified atom stereocenters. The highest BCUT2D eigenvalue weighted by Crippen LogP contribution is 2.23. The number of hydrogen-bond acceptors (Lipinski definition) is 2. The minimum absolute atomic E-state index is 0.230. The number of halogens is 1. The van der Waals surface area contributed by atoms with Gasteiger partial charge in [-0.25, -0.2) is 0 Å². The van der Waals surface area contributed by atoms with E-state index in [-0.39, 0.29) is 5.41 Å². The summed E-state index contributed by atoms with van der Waals surface area (Å²) < 4.78 is 11.2. The molecule has 0 aliphatic rings. The van der Waals surface area contributed by atoms with Gasteiger partial charge in [0.2, 0.25) is 0 Å². The maximum atomic E-state index is 11.2. The third-order valence-corrected chi connectivity index (χ3v) is 3.31. The number of rotatable bonds is 4. The average Bonchev–Trinajstić information content (AvgIpc) is 2.17. The second kappa shape index (κ2) is 5.87. The Morgan fingerprint density at radius 2 is 2.00 bits per heavy atom. The second-order valence-corrected chi connectivity index (χ2v) is 7.28. The van der Waals surface area contributed by atoms with Crippen molar-refractivity contribution < 1.29 is 4.21 Å². The lowest BCUT2D eigenvalue weighted by Gasteiger charge is -2.20. The van der Waals surface area contributed by atoms with E-state index in [0.717, 1.165) is 17.8 Å². The Balaban J connectivity index is 2.78. The molecule has 1 rings (SSSR count). The van der Waals surface area contributed by atoms with Crippen molar-refractivity contribution >= 4 is 28.1 Å². The predicted octanol–water partition coefficient (Wildman–Crippen LogP) is 3.68. The van der Waals surface area contributed by atoms with E-state index in [1.54, 1.807) is 6.26 Å². The first kappa shape index (κ1) is 14.5. The molecule has 96 valence electrons. The van der Waals surface area contributed by atoms with Crippen LogP contribution in [0.25, 0.3) is 0 Å². The van der Waals surface area contributed by atoms with Crippen LogP contribution in [0, 0.1) is 5.41 Å². The molecule has 0 spiro atoms. The molecule has 0 radical (unpaired) electrons. The van der Waals surface area contributed by atoms with Crippen molar-refractivity contribution in [2.75, 3.05) is 18.1 Å². The zero-order valence-electron chi connectivity index (χ0n) is 10.8. The fourth-order valence-corrected chi connectivity index (χ4v) is 2.32. The predicted molar refractivity (Wildman–Crippen MR) is 77.2 cm³/mol. The minimum atomic E-state index is -0.868. The Kier molecular flexibility index (Phi) is 5.02. The average molecular weight is 274 g/mol. The molecule has 1 aromatic rings. The molecule has 4 heteroatoms. The van der Waals surface area contributed by atoms with Gasteiger partial charge in [-0.1, -0.05) is 32.4 Å². The lowest BCUT2D eigenvalue weighted by Crippen LogP contribution is -2.19. The Labute approximate surface area is 111 Å². The van der Waals surface area contributed by atoms with Crippen molar-refractivity contribution in [3.8, 4) is 0 Å². The van der Waals surface area contributed by atoms with Crippen LogP contribution in [0.15, 0.2) is 18.2 Å². The summed E-state index contributed by atoms with van der Waals surface area (Å²) in [4.78, 5) is 0. The molecular formula is C13H20ClNOS. The van der Waals surface area contributed by atoms with Gasteiger partial charge >= 0.3 is 0 Å². The van der Waals surface area contributed by atoms with Crippen LogP contribution in [0.4, 0.5) is 5.69 Å².